The number of carboxylic acids is 1. The highest BCUT2D eigenvalue weighted by atomic mass is 32.1. The lowest BCUT2D eigenvalue weighted by Crippen LogP contribution is -2.16. The number of nitrogens with one attached hydrogen (secondary N) is 1. The number of carbonyl (C=O) groups is 2. The molecule has 0 aliphatic heterocycles. The van der Waals surface area contributed by atoms with Gasteiger partial charge in [0.2, 0.25) is 0 Å². The van der Waals surface area contributed by atoms with Crippen molar-refractivity contribution in [2.24, 2.45) is 0 Å². The molecule has 104 valence electrons. The van der Waals surface area contributed by atoms with Crippen molar-refractivity contribution in [2.75, 3.05) is 5.32 Å². The van der Waals surface area contributed by atoms with Crippen molar-refractivity contribution in [3.8, 4) is 0 Å². The molecule has 1 amide bonds. The van der Waals surface area contributed by atoms with Crippen LogP contribution >= 0.6 is 11.3 Å². The summed E-state index contributed by atoms with van der Waals surface area (Å²) in [5.41, 5.74) is 3.52. The summed E-state index contributed by atoms with van der Waals surface area (Å²) in [7, 11) is 0. The van der Waals surface area contributed by atoms with Crippen LogP contribution in [0.1, 0.15) is 37.4 Å². The minimum absolute atomic E-state index is 0.115. The predicted octanol–water partition coefficient (Wildman–Crippen LogP) is 3.62. The van der Waals surface area contributed by atoms with Crippen LogP contribution in [0.5, 0.6) is 0 Å². The van der Waals surface area contributed by atoms with Crippen LogP contribution in [0.25, 0.3) is 0 Å². The van der Waals surface area contributed by atoms with Gasteiger partial charge in [-0.15, -0.1) is 0 Å². The third kappa shape index (κ3) is 2.72. The van der Waals surface area contributed by atoms with Gasteiger partial charge in [-0.05, 0) is 48.9 Å². The average Bonchev–Trinajstić information content (AvgIpc) is 2.78. The van der Waals surface area contributed by atoms with E-state index >= 15 is 0 Å². The summed E-state index contributed by atoms with van der Waals surface area (Å²) < 4.78 is 0. The zero-order valence-corrected chi connectivity index (χ0v) is 12.3. The number of benzene rings is 1. The van der Waals surface area contributed by atoms with E-state index in [0.717, 1.165) is 16.7 Å². The fraction of sp³-hybridized carbons (Fsp3) is 0.200. The number of amides is 1. The van der Waals surface area contributed by atoms with Gasteiger partial charge in [-0.3, -0.25) is 4.79 Å². The maximum atomic E-state index is 12.2. The van der Waals surface area contributed by atoms with Gasteiger partial charge in [-0.2, -0.15) is 11.3 Å². The largest absolute Gasteiger partial charge is 0.478 e. The molecule has 2 N–H and O–H groups in total. The molecule has 0 atom stereocenters. The second kappa shape index (κ2) is 5.46. The van der Waals surface area contributed by atoms with Crippen LogP contribution < -0.4 is 5.32 Å². The van der Waals surface area contributed by atoms with Gasteiger partial charge in [-0.25, -0.2) is 4.79 Å². The molecule has 0 aliphatic carbocycles. The molecule has 2 aromatic rings. The van der Waals surface area contributed by atoms with Gasteiger partial charge in [0.15, 0.2) is 0 Å². The Morgan fingerprint density at radius 1 is 1.05 bits per heavy atom. The standard InChI is InChI=1S/C15H15NO3S/c1-8-4-9(2)13(11(5-8)15(18)19)16-14(17)12-7-20-6-10(12)3/h4-7H,1-3H3,(H,16,17)(H,18,19). The van der Waals surface area contributed by atoms with Crippen LogP contribution in [0, 0.1) is 20.8 Å². The lowest BCUT2D eigenvalue weighted by Gasteiger charge is -2.12. The number of rotatable bonds is 3. The Hall–Kier alpha value is -2.14. The van der Waals surface area contributed by atoms with Crippen molar-refractivity contribution in [3.63, 3.8) is 0 Å². The van der Waals surface area contributed by atoms with Crippen molar-refractivity contribution in [3.05, 3.63) is 50.7 Å². The first kappa shape index (κ1) is 14.3. The molecule has 2 rings (SSSR count). The summed E-state index contributed by atoms with van der Waals surface area (Å²) >= 11 is 1.45. The van der Waals surface area contributed by atoms with E-state index in [1.807, 2.05) is 25.3 Å². The summed E-state index contributed by atoms with van der Waals surface area (Å²) in [5.74, 6) is -1.33. The molecule has 1 aromatic carbocycles. The Balaban J connectivity index is 2.41. The van der Waals surface area contributed by atoms with Gasteiger partial charge in [0, 0.05) is 5.38 Å². The van der Waals surface area contributed by atoms with Crippen LogP contribution in [0.4, 0.5) is 5.69 Å². The highest BCUT2D eigenvalue weighted by Gasteiger charge is 2.17. The molecular weight excluding hydrogens is 274 g/mol. The molecule has 4 nitrogen and oxygen atoms in total. The summed E-state index contributed by atoms with van der Waals surface area (Å²) in [4.78, 5) is 23.5. The number of hydrogen-bond donors (Lipinski definition) is 2. The second-order valence-electron chi connectivity index (χ2n) is 4.73. The third-order valence-corrected chi connectivity index (χ3v) is 3.91. The van der Waals surface area contributed by atoms with E-state index in [-0.39, 0.29) is 11.5 Å². The normalized spacial score (nSPS) is 10.3. The topological polar surface area (TPSA) is 66.4 Å². The Bertz CT molecular complexity index is 688. The second-order valence-corrected chi connectivity index (χ2v) is 5.48. The minimum Gasteiger partial charge on any atom is -0.478 e. The number of thiophene rings is 1. The summed E-state index contributed by atoms with van der Waals surface area (Å²) in [6.07, 6.45) is 0. The van der Waals surface area contributed by atoms with Crippen LogP contribution in [-0.4, -0.2) is 17.0 Å². The molecule has 0 spiro atoms. The van der Waals surface area contributed by atoms with Crippen molar-refractivity contribution in [2.45, 2.75) is 20.8 Å². The van der Waals surface area contributed by atoms with Gasteiger partial charge in [0.25, 0.3) is 5.91 Å². The zero-order valence-electron chi connectivity index (χ0n) is 11.5. The molecule has 0 saturated heterocycles. The Kier molecular flexibility index (Phi) is 3.90. The van der Waals surface area contributed by atoms with Gasteiger partial charge in [-0.1, -0.05) is 6.07 Å². The van der Waals surface area contributed by atoms with Crippen LogP contribution in [0.2, 0.25) is 0 Å². The first-order valence-electron chi connectivity index (χ1n) is 6.09. The molecule has 1 aromatic heterocycles. The van der Waals surface area contributed by atoms with Gasteiger partial charge in [0.1, 0.15) is 0 Å². The molecule has 0 aliphatic rings. The monoisotopic (exact) mass is 289 g/mol. The van der Waals surface area contributed by atoms with Gasteiger partial charge in [0.05, 0.1) is 16.8 Å². The molecular formula is C15H15NO3S. The Morgan fingerprint density at radius 3 is 2.30 bits per heavy atom. The molecule has 0 unspecified atom stereocenters. The lowest BCUT2D eigenvalue weighted by molar-refractivity contribution is 0.0698. The summed E-state index contributed by atoms with van der Waals surface area (Å²) in [6, 6.07) is 3.41. The van der Waals surface area contributed by atoms with E-state index in [0.29, 0.717) is 11.3 Å². The van der Waals surface area contributed by atoms with E-state index in [2.05, 4.69) is 5.32 Å². The zero-order chi connectivity index (χ0) is 14.9. The van der Waals surface area contributed by atoms with Crippen molar-refractivity contribution in [1.29, 1.82) is 0 Å². The molecule has 1 heterocycles. The first-order valence-corrected chi connectivity index (χ1v) is 7.03. The molecule has 0 radical (unpaired) electrons. The summed E-state index contributed by atoms with van der Waals surface area (Å²) in [6.45, 7) is 5.47. The third-order valence-electron chi connectivity index (χ3n) is 3.05. The van der Waals surface area contributed by atoms with Crippen molar-refractivity contribution in [1.82, 2.24) is 0 Å². The lowest BCUT2D eigenvalue weighted by atomic mass is 10.0. The van der Waals surface area contributed by atoms with E-state index in [4.69, 9.17) is 0 Å². The maximum Gasteiger partial charge on any atom is 0.337 e. The van der Waals surface area contributed by atoms with E-state index in [1.54, 1.807) is 18.4 Å². The molecule has 0 fully saturated rings. The fourth-order valence-corrected chi connectivity index (χ4v) is 2.90. The Morgan fingerprint density at radius 2 is 1.75 bits per heavy atom. The van der Waals surface area contributed by atoms with Gasteiger partial charge < -0.3 is 10.4 Å². The van der Waals surface area contributed by atoms with Crippen LogP contribution in [-0.2, 0) is 0 Å². The van der Waals surface area contributed by atoms with Crippen LogP contribution in [0.3, 0.4) is 0 Å². The number of carboxylic acid groups (broad SMARTS) is 1. The van der Waals surface area contributed by atoms with Crippen molar-refractivity contribution < 1.29 is 14.7 Å². The van der Waals surface area contributed by atoms with Gasteiger partial charge >= 0.3 is 5.97 Å². The number of carbonyl (C=O) groups excluding carboxylic acids is 1. The maximum absolute atomic E-state index is 12.2. The van der Waals surface area contributed by atoms with Crippen LogP contribution in [0.15, 0.2) is 22.9 Å². The smallest absolute Gasteiger partial charge is 0.337 e. The molecule has 5 heteroatoms. The van der Waals surface area contributed by atoms with E-state index < -0.39 is 5.97 Å². The number of aryl methyl sites for hydroxylation is 3. The predicted molar refractivity (Wildman–Crippen MR) is 79.9 cm³/mol. The Labute approximate surface area is 121 Å². The quantitative estimate of drug-likeness (QED) is 0.906. The molecule has 20 heavy (non-hydrogen) atoms. The summed E-state index contributed by atoms with van der Waals surface area (Å²) in [5, 5.41) is 15.6. The molecule has 0 bridgehead atoms. The number of anilines is 1. The highest BCUT2D eigenvalue weighted by molar-refractivity contribution is 7.08. The number of hydrogen-bond acceptors (Lipinski definition) is 3. The fourth-order valence-electron chi connectivity index (χ4n) is 2.08. The SMILES string of the molecule is Cc1cc(C)c(NC(=O)c2cscc2C)c(C(=O)O)c1. The van der Waals surface area contributed by atoms with E-state index in [1.165, 1.54) is 11.3 Å². The van der Waals surface area contributed by atoms with E-state index in [9.17, 15) is 14.7 Å². The first-order chi connectivity index (χ1) is 9.40. The number of aromatic carboxylic acids is 1. The molecule has 0 saturated carbocycles. The minimum atomic E-state index is -1.05. The highest BCUT2D eigenvalue weighted by Crippen LogP contribution is 2.24. The van der Waals surface area contributed by atoms with Crippen molar-refractivity contribution >= 4 is 28.9 Å². The average molecular weight is 289 g/mol.